The van der Waals surface area contributed by atoms with Crippen LogP contribution < -0.4 is 10.1 Å². The van der Waals surface area contributed by atoms with Gasteiger partial charge in [0.15, 0.2) is 0 Å². The molecule has 1 heterocycles. The second-order valence-corrected chi connectivity index (χ2v) is 4.55. The SMILES string of the molecule is COCCNCc1ccc(Oc2ccc(C)nc2)cc1. The fraction of sp³-hybridized carbons (Fsp3) is 0.312. The summed E-state index contributed by atoms with van der Waals surface area (Å²) in [5, 5.41) is 3.30. The van der Waals surface area contributed by atoms with Gasteiger partial charge in [0.1, 0.15) is 11.5 Å². The van der Waals surface area contributed by atoms with Crippen molar-refractivity contribution in [3.05, 3.63) is 53.9 Å². The summed E-state index contributed by atoms with van der Waals surface area (Å²) in [4.78, 5) is 4.20. The predicted octanol–water partition coefficient (Wildman–Crippen LogP) is 2.92. The fourth-order valence-corrected chi connectivity index (χ4v) is 1.73. The van der Waals surface area contributed by atoms with Crippen LogP contribution in [0.4, 0.5) is 0 Å². The third kappa shape index (κ3) is 4.64. The molecule has 0 saturated carbocycles. The molecule has 20 heavy (non-hydrogen) atoms. The summed E-state index contributed by atoms with van der Waals surface area (Å²) in [7, 11) is 1.70. The van der Waals surface area contributed by atoms with E-state index in [9.17, 15) is 0 Å². The van der Waals surface area contributed by atoms with Crippen molar-refractivity contribution >= 4 is 0 Å². The van der Waals surface area contributed by atoms with Crippen molar-refractivity contribution in [2.45, 2.75) is 13.5 Å². The molecule has 0 aliphatic carbocycles. The quantitative estimate of drug-likeness (QED) is 0.787. The van der Waals surface area contributed by atoms with Gasteiger partial charge in [-0.2, -0.15) is 0 Å². The molecule has 0 aliphatic heterocycles. The summed E-state index contributed by atoms with van der Waals surface area (Å²) in [6.07, 6.45) is 1.73. The van der Waals surface area contributed by atoms with E-state index < -0.39 is 0 Å². The Balaban J connectivity index is 1.86. The van der Waals surface area contributed by atoms with Crippen molar-refractivity contribution in [3.63, 3.8) is 0 Å². The van der Waals surface area contributed by atoms with E-state index in [1.54, 1.807) is 13.3 Å². The summed E-state index contributed by atoms with van der Waals surface area (Å²) in [5.74, 6) is 1.57. The third-order valence-electron chi connectivity index (χ3n) is 2.86. The van der Waals surface area contributed by atoms with E-state index in [0.717, 1.165) is 36.9 Å². The Hall–Kier alpha value is -1.91. The maximum Gasteiger partial charge on any atom is 0.145 e. The Morgan fingerprint density at radius 2 is 1.80 bits per heavy atom. The van der Waals surface area contributed by atoms with Crippen molar-refractivity contribution in [1.82, 2.24) is 10.3 Å². The van der Waals surface area contributed by atoms with E-state index in [2.05, 4.69) is 22.4 Å². The van der Waals surface area contributed by atoms with Gasteiger partial charge in [0, 0.05) is 25.9 Å². The molecule has 0 bridgehead atoms. The highest BCUT2D eigenvalue weighted by Gasteiger charge is 1.98. The van der Waals surface area contributed by atoms with Crippen molar-refractivity contribution in [1.29, 1.82) is 0 Å². The average molecular weight is 272 g/mol. The number of aromatic nitrogens is 1. The van der Waals surface area contributed by atoms with E-state index in [-0.39, 0.29) is 0 Å². The molecule has 2 aromatic rings. The van der Waals surface area contributed by atoms with Crippen LogP contribution >= 0.6 is 0 Å². The number of hydrogen-bond donors (Lipinski definition) is 1. The number of benzene rings is 1. The number of methoxy groups -OCH3 is 1. The Morgan fingerprint density at radius 3 is 2.45 bits per heavy atom. The van der Waals surface area contributed by atoms with Gasteiger partial charge >= 0.3 is 0 Å². The van der Waals surface area contributed by atoms with Gasteiger partial charge in [0.2, 0.25) is 0 Å². The molecule has 0 saturated heterocycles. The van der Waals surface area contributed by atoms with Crippen LogP contribution in [-0.2, 0) is 11.3 Å². The molecular weight excluding hydrogens is 252 g/mol. The first-order valence-electron chi connectivity index (χ1n) is 6.67. The summed E-state index contributed by atoms with van der Waals surface area (Å²) in [6, 6.07) is 11.9. The molecule has 0 spiro atoms. The molecule has 2 rings (SSSR count). The maximum absolute atomic E-state index is 5.73. The first-order chi connectivity index (χ1) is 9.78. The minimum absolute atomic E-state index is 0.724. The Bertz CT molecular complexity index is 509. The van der Waals surface area contributed by atoms with E-state index in [1.165, 1.54) is 5.56 Å². The van der Waals surface area contributed by atoms with E-state index in [1.807, 2.05) is 31.2 Å². The second kappa shape index (κ2) is 7.62. The van der Waals surface area contributed by atoms with Crippen LogP contribution in [0.2, 0.25) is 0 Å². The van der Waals surface area contributed by atoms with Gasteiger partial charge in [-0.25, -0.2) is 0 Å². The van der Waals surface area contributed by atoms with Crippen LogP contribution in [0.25, 0.3) is 0 Å². The van der Waals surface area contributed by atoms with Crippen molar-refractivity contribution in [3.8, 4) is 11.5 Å². The van der Waals surface area contributed by atoms with Crippen LogP contribution in [0.5, 0.6) is 11.5 Å². The van der Waals surface area contributed by atoms with Gasteiger partial charge in [-0.15, -0.1) is 0 Å². The van der Waals surface area contributed by atoms with Gasteiger partial charge < -0.3 is 14.8 Å². The normalized spacial score (nSPS) is 10.5. The van der Waals surface area contributed by atoms with Crippen LogP contribution in [0.3, 0.4) is 0 Å². The monoisotopic (exact) mass is 272 g/mol. The smallest absolute Gasteiger partial charge is 0.145 e. The fourth-order valence-electron chi connectivity index (χ4n) is 1.73. The molecule has 0 radical (unpaired) electrons. The molecule has 1 aromatic heterocycles. The minimum atomic E-state index is 0.724. The topological polar surface area (TPSA) is 43.4 Å². The molecule has 0 amide bonds. The van der Waals surface area contributed by atoms with E-state index >= 15 is 0 Å². The van der Waals surface area contributed by atoms with E-state index in [0.29, 0.717) is 0 Å². The van der Waals surface area contributed by atoms with Crippen LogP contribution in [0.1, 0.15) is 11.3 Å². The lowest BCUT2D eigenvalue weighted by Crippen LogP contribution is -2.18. The largest absolute Gasteiger partial charge is 0.456 e. The zero-order valence-corrected chi connectivity index (χ0v) is 11.9. The lowest BCUT2D eigenvalue weighted by molar-refractivity contribution is 0.199. The number of hydrogen-bond acceptors (Lipinski definition) is 4. The summed E-state index contributed by atoms with van der Waals surface area (Å²) >= 11 is 0. The molecule has 106 valence electrons. The lowest BCUT2D eigenvalue weighted by atomic mass is 10.2. The van der Waals surface area contributed by atoms with Crippen molar-refractivity contribution in [2.75, 3.05) is 20.3 Å². The highest BCUT2D eigenvalue weighted by atomic mass is 16.5. The number of nitrogens with zero attached hydrogens (tertiary/aromatic N) is 1. The Kier molecular flexibility index (Phi) is 5.53. The molecule has 0 fully saturated rings. The van der Waals surface area contributed by atoms with Gasteiger partial charge in [0.05, 0.1) is 12.8 Å². The zero-order valence-electron chi connectivity index (χ0n) is 11.9. The molecule has 4 nitrogen and oxygen atoms in total. The summed E-state index contributed by atoms with van der Waals surface area (Å²) in [5.41, 5.74) is 2.20. The summed E-state index contributed by atoms with van der Waals surface area (Å²) < 4.78 is 10.7. The van der Waals surface area contributed by atoms with Gasteiger partial charge in [-0.05, 0) is 36.8 Å². The second-order valence-electron chi connectivity index (χ2n) is 4.55. The number of rotatable bonds is 7. The third-order valence-corrected chi connectivity index (χ3v) is 2.86. The highest BCUT2D eigenvalue weighted by molar-refractivity contribution is 5.32. The van der Waals surface area contributed by atoms with Crippen molar-refractivity contribution < 1.29 is 9.47 Å². The number of nitrogens with one attached hydrogen (secondary N) is 1. The molecule has 4 heteroatoms. The first-order valence-corrected chi connectivity index (χ1v) is 6.67. The van der Waals surface area contributed by atoms with Crippen LogP contribution in [0, 0.1) is 6.92 Å². The number of pyridine rings is 1. The number of aryl methyl sites for hydroxylation is 1. The predicted molar refractivity (Wildman–Crippen MR) is 79.1 cm³/mol. The van der Waals surface area contributed by atoms with Crippen LogP contribution in [0.15, 0.2) is 42.6 Å². The zero-order chi connectivity index (χ0) is 14.2. The van der Waals surface area contributed by atoms with Gasteiger partial charge in [-0.1, -0.05) is 12.1 Å². The van der Waals surface area contributed by atoms with E-state index in [4.69, 9.17) is 9.47 Å². The minimum Gasteiger partial charge on any atom is -0.456 e. The lowest BCUT2D eigenvalue weighted by Gasteiger charge is -2.07. The standard InChI is InChI=1S/C16H20N2O2/c1-13-3-6-16(12-18-13)20-15-7-4-14(5-8-15)11-17-9-10-19-2/h3-8,12,17H,9-11H2,1-2H3. The molecule has 1 aromatic carbocycles. The van der Waals surface area contributed by atoms with Crippen LogP contribution in [-0.4, -0.2) is 25.2 Å². The van der Waals surface area contributed by atoms with Crippen molar-refractivity contribution in [2.24, 2.45) is 0 Å². The summed E-state index contributed by atoms with van der Waals surface area (Å²) in [6.45, 7) is 4.36. The molecule has 0 unspecified atom stereocenters. The maximum atomic E-state index is 5.73. The van der Waals surface area contributed by atoms with Gasteiger partial charge in [-0.3, -0.25) is 4.98 Å². The van der Waals surface area contributed by atoms with Gasteiger partial charge in [0.25, 0.3) is 0 Å². The Morgan fingerprint density at radius 1 is 1.05 bits per heavy atom. The average Bonchev–Trinajstić information content (AvgIpc) is 2.48. The molecule has 1 N–H and O–H groups in total. The highest BCUT2D eigenvalue weighted by Crippen LogP contribution is 2.20. The Labute approximate surface area is 119 Å². The molecule has 0 atom stereocenters. The molecule has 0 aliphatic rings. The number of ether oxygens (including phenoxy) is 2. The molecular formula is C16H20N2O2. The first kappa shape index (κ1) is 14.5.